The van der Waals surface area contributed by atoms with Crippen molar-refractivity contribution in [3.8, 4) is 0 Å². The smallest absolute Gasteiger partial charge is 0.191 e. The number of nitrogens with zero attached hydrogens (tertiary/aromatic N) is 2. The molecule has 0 amide bonds. The van der Waals surface area contributed by atoms with Crippen LogP contribution in [0, 0.1) is 0 Å². The average Bonchev–Trinajstić information content (AvgIpc) is 2.67. The van der Waals surface area contributed by atoms with Crippen LogP contribution in [0.15, 0.2) is 40.2 Å². The molecule has 26 heavy (non-hydrogen) atoms. The van der Waals surface area contributed by atoms with E-state index in [2.05, 4.69) is 59.7 Å². The molecule has 1 aromatic rings. The van der Waals surface area contributed by atoms with Gasteiger partial charge in [-0.3, -0.25) is 9.89 Å². The summed E-state index contributed by atoms with van der Waals surface area (Å²) in [6, 6.07) is 10.5. The molecule has 1 unspecified atom stereocenters. The average molecular weight is 379 g/mol. The van der Waals surface area contributed by atoms with Crippen LogP contribution in [0.4, 0.5) is 0 Å². The largest absolute Gasteiger partial charge is 0.379 e. The molecule has 6 heteroatoms. The van der Waals surface area contributed by atoms with Crippen molar-refractivity contribution in [2.24, 2.45) is 4.99 Å². The minimum Gasteiger partial charge on any atom is -0.379 e. The summed E-state index contributed by atoms with van der Waals surface area (Å²) in [4.78, 5) is 8.54. The van der Waals surface area contributed by atoms with Crippen LogP contribution in [0.2, 0.25) is 0 Å². The Labute approximate surface area is 163 Å². The van der Waals surface area contributed by atoms with Gasteiger partial charge in [-0.05, 0) is 38.4 Å². The second kappa shape index (κ2) is 13.0. The first-order valence-electron chi connectivity index (χ1n) is 9.82. The molecule has 1 aliphatic heterocycles. The Bertz CT molecular complexity index is 506. The lowest BCUT2D eigenvalue weighted by atomic mass is 10.3. The van der Waals surface area contributed by atoms with Gasteiger partial charge in [-0.15, -0.1) is 11.8 Å². The van der Waals surface area contributed by atoms with Crippen LogP contribution in [0.5, 0.6) is 0 Å². The summed E-state index contributed by atoms with van der Waals surface area (Å²) < 4.78 is 5.39. The third kappa shape index (κ3) is 8.92. The van der Waals surface area contributed by atoms with Crippen molar-refractivity contribution in [1.82, 2.24) is 15.5 Å². The first kappa shape index (κ1) is 21.1. The van der Waals surface area contributed by atoms with Gasteiger partial charge in [0.05, 0.1) is 19.8 Å². The predicted molar refractivity (Wildman–Crippen MR) is 112 cm³/mol. The van der Waals surface area contributed by atoms with E-state index in [1.54, 1.807) is 0 Å². The number of benzene rings is 1. The van der Waals surface area contributed by atoms with Gasteiger partial charge in [-0.2, -0.15) is 0 Å². The van der Waals surface area contributed by atoms with Crippen LogP contribution < -0.4 is 10.6 Å². The van der Waals surface area contributed by atoms with E-state index in [0.717, 1.165) is 58.3 Å². The first-order valence-corrected chi connectivity index (χ1v) is 10.7. The van der Waals surface area contributed by atoms with Crippen LogP contribution in [0.1, 0.15) is 26.7 Å². The fraction of sp³-hybridized carbons (Fsp3) is 0.650. The summed E-state index contributed by atoms with van der Waals surface area (Å²) >= 11 is 1.87. The maximum Gasteiger partial charge on any atom is 0.191 e. The summed E-state index contributed by atoms with van der Waals surface area (Å²) in [5.74, 6) is 0.930. The fourth-order valence-corrected chi connectivity index (χ4v) is 3.75. The van der Waals surface area contributed by atoms with Crippen LogP contribution >= 0.6 is 11.8 Å². The Balaban J connectivity index is 1.63. The van der Waals surface area contributed by atoms with Crippen molar-refractivity contribution in [3.05, 3.63) is 30.3 Å². The molecule has 1 atom stereocenters. The van der Waals surface area contributed by atoms with Crippen LogP contribution in [-0.2, 0) is 4.74 Å². The number of hydrogen-bond acceptors (Lipinski definition) is 4. The lowest BCUT2D eigenvalue weighted by molar-refractivity contribution is 0.0372. The zero-order chi connectivity index (χ0) is 18.5. The van der Waals surface area contributed by atoms with Crippen molar-refractivity contribution >= 4 is 17.7 Å². The van der Waals surface area contributed by atoms with Gasteiger partial charge in [-0.1, -0.05) is 25.1 Å². The van der Waals surface area contributed by atoms with E-state index < -0.39 is 0 Å². The van der Waals surface area contributed by atoms with Gasteiger partial charge >= 0.3 is 0 Å². The third-order valence-corrected chi connectivity index (χ3v) is 5.32. The maximum absolute atomic E-state index is 5.39. The number of morpholine rings is 1. The Morgan fingerprint density at radius 3 is 2.69 bits per heavy atom. The van der Waals surface area contributed by atoms with Gasteiger partial charge in [0.2, 0.25) is 0 Å². The summed E-state index contributed by atoms with van der Waals surface area (Å²) in [7, 11) is 0. The number of rotatable bonds is 10. The zero-order valence-electron chi connectivity index (χ0n) is 16.2. The number of aliphatic imine (C=N–C) groups is 1. The van der Waals surface area contributed by atoms with Gasteiger partial charge in [-0.25, -0.2) is 0 Å². The highest BCUT2D eigenvalue weighted by molar-refractivity contribution is 8.00. The lowest BCUT2D eigenvalue weighted by Gasteiger charge is -2.26. The monoisotopic (exact) mass is 378 g/mol. The standard InChI is InChI=1S/C20H34N4OS/c1-3-21-20(22-11-7-8-12-24-13-15-25-16-14-24)23-17-18(2)26-19-9-5-4-6-10-19/h4-6,9-10,18H,3,7-8,11-17H2,1-2H3,(H2,21,22,23). The number of ether oxygens (including phenoxy) is 1. The van der Waals surface area contributed by atoms with Crippen molar-refractivity contribution in [1.29, 1.82) is 0 Å². The highest BCUT2D eigenvalue weighted by Crippen LogP contribution is 2.22. The molecule has 1 saturated heterocycles. The second-order valence-corrected chi connectivity index (χ2v) is 8.06. The minimum absolute atomic E-state index is 0.453. The van der Waals surface area contributed by atoms with Gasteiger partial charge in [0.1, 0.15) is 0 Å². The van der Waals surface area contributed by atoms with Crippen molar-refractivity contribution in [3.63, 3.8) is 0 Å². The highest BCUT2D eigenvalue weighted by atomic mass is 32.2. The quantitative estimate of drug-likeness (QED) is 0.284. The molecule has 0 bridgehead atoms. The number of unbranched alkanes of at least 4 members (excludes halogenated alkanes) is 1. The molecular formula is C20H34N4OS. The van der Waals surface area contributed by atoms with E-state index in [0.29, 0.717) is 5.25 Å². The van der Waals surface area contributed by atoms with Gasteiger partial charge in [0.25, 0.3) is 0 Å². The third-order valence-electron chi connectivity index (χ3n) is 4.23. The van der Waals surface area contributed by atoms with Gasteiger partial charge in [0.15, 0.2) is 5.96 Å². The Morgan fingerprint density at radius 1 is 1.19 bits per heavy atom. The van der Waals surface area contributed by atoms with E-state index in [1.165, 1.54) is 17.9 Å². The SMILES string of the molecule is CCNC(=NCC(C)Sc1ccccc1)NCCCCN1CCOCC1. The molecule has 2 rings (SSSR count). The molecule has 1 heterocycles. The topological polar surface area (TPSA) is 48.9 Å². The summed E-state index contributed by atoms with van der Waals surface area (Å²) in [5.41, 5.74) is 0. The van der Waals surface area contributed by atoms with E-state index in [1.807, 2.05) is 11.8 Å². The molecule has 146 valence electrons. The molecule has 1 fully saturated rings. The fourth-order valence-electron chi connectivity index (χ4n) is 2.82. The Kier molecular flexibility index (Phi) is 10.5. The highest BCUT2D eigenvalue weighted by Gasteiger charge is 2.09. The van der Waals surface area contributed by atoms with Crippen molar-refractivity contribution < 1.29 is 4.74 Å². The van der Waals surface area contributed by atoms with Crippen LogP contribution in [0.25, 0.3) is 0 Å². The molecule has 1 aromatic carbocycles. The molecule has 2 N–H and O–H groups in total. The molecule has 0 spiro atoms. The number of nitrogens with one attached hydrogen (secondary N) is 2. The van der Waals surface area contributed by atoms with E-state index in [4.69, 9.17) is 9.73 Å². The van der Waals surface area contributed by atoms with Crippen molar-refractivity contribution in [2.75, 3.05) is 52.5 Å². The summed E-state index contributed by atoms with van der Waals surface area (Å²) in [6.07, 6.45) is 2.38. The number of thioether (sulfide) groups is 1. The summed E-state index contributed by atoms with van der Waals surface area (Å²) in [5, 5.41) is 7.26. The molecule has 0 saturated carbocycles. The van der Waals surface area contributed by atoms with E-state index >= 15 is 0 Å². The first-order chi connectivity index (χ1) is 12.8. The van der Waals surface area contributed by atoms with Gasteiger partial charge in [0, 0.05) is 36.3 Å². The van der Waals surface area contributed by atoms with Crippen LogP contribution in [-0.4, -0.2) is 68.6 Å². The normalized spacial score (nSPS) is 17.1. The predicted octanol–water partition coefficient (Wildman–Crippen LogP) is 2.83. The summed E-state index contributed by atoms with van der Waals surface area (Å²) in [6.45, 7) is 12.1. The molecule has 0 radical (unpaired) electrons. The second-order valence-electron chi connectivity index (χ2n) is 6.55. The maximum atomic E-state index is 5.39. The Morgan fingerprint density at radius 2 is 1.96 bits per heavy atom. The van der Waals surface area contributed by atoms with Gasteiger partial charge < -0.3 is 15.4 Å². The number of guanidine groups is 1. The van der Waals surface area contributed by atoms with E-state index in [-0.39, 0.29) is 0 Å². The van der Waals surface area contributed by atoms with Crippen molar-refractivity contribution in [2.45, 2.75) is 36.8 Å². The Hall–Kier alpha value is -1.24. The minimum atomic E-state index is 0.453. The zero-order valence-corrected chi connectivity index (χ0v) is 17.1. The lowest BCUT2D eigenvalue weighted by Crippen LogP contribution is -2.39. The van der Waals surface area contributed by atoms with E-state index in [9.17, 15) is 0 Å². The molecule has 0 aromatic heterocycles. The molecule has 1 aliphatic rings. The van der Waals surface area contributed by atoms with Crippen LogP contribution in [0.3, 0.4) is 0 Å². The molecule has 0 aliphatic carbocycles. The molecule has 5 nitrogen and oxygen atoms in total. The number of hydrogen-bond donors (Lipinski definition) is 2. The molecular weight excluding hydrogens is 344 g/mol.